The number of hydrogen-bond donors (Lipinski definition) is 3. The molecular weight excluding hydrogens is 192 g/mol. The van der Waals surface area contributed by atoms with Crippen LogP contribution < -0.4 is 11.1 Å². The fraction of sp³-hybridized carbons (Fsp3) is 0.909. The van der Waals surface area contributed by atoms with Gasteiger partial charge in [0.1, 0.15) is 0 Å². The maximum atomic E-state index is 11.9. The summed E-state index contributed by atoms with van der Waals surface area (Å²) in [5, 5.41) is 12.4. The molecule has 4 N–H and O–H groups in total. The predicted octanol–water partition coefficient (Wildman–Crippen LogP) is 0.389. The van der Waals surface area contributed by atoms with Crippen molar-refractivity contribution in [3.63, 3.8) is 0 Å². The van der Waals surface area contributed by atoms with Crippen LogP contribution in [-0.4, -0.2) is 28.7 Å². The van der Waals surface area contributed by atoms with Crippen LogP contribution >= 0.6 is 0 Å². The van der Waals surface area contributed by atoms with Gasteiger partial charge < -0.3 is 16.2 Å². The second-order valence-corrected chi connectivity index (χ2v) is 5.09. The molecule has 0 spiro atoms. The summed E-state index contributed by atoms with van der Waals surface area (Å²) in [6, 6.07) is -0.0187. The quantitative estimate of drug-likeness (QED) is 0.636. The summed E-state index contributed by atoms with van der Waals surface area (Å²) in [4.78, 5) is 11.9. The third kappa shape index (κ3) is 2.92. The van der Waals surface area contributed by atoms with Gasteiger partial charge >= 0.3 is 0 Å². The summed E-state index contributed by atoms with van der Waals surface area (Å²) in [5.74, 6) is -0.103. The van der Waals surface area contributed by atoms with E-state index in [-0.39, 0.29) is 17.9 Å². The average Bonchev–Trinajstić information content (AvgIpc) is 2.50. The molecule has 0 aromatic heterocycles. The number of carbonyl (C=O) groups is 1. The molecule has 0 saturated heterocycles. The van der Waals surface area contributed by atoms with Gasteiger partial charge in [-0.15, -0.1) is 0 Å². The van der Waals surface area contributed by atoms with Crippen LogP contribution in [0.15, 0.2) is 0 Å². The van der Waals surface area contributed by atoms with Gasteiger partial charge in [0, 0.05) is 6.04 Å². The molecule has 0 aromatic carbocycles. The Hall–Kier alpha value is -0.610. The van der Waals surface area contributed by atoms with Crippen LogP contribution in [0.1, 0.15) is 40.0 Å². The Balaban J connectivity index is 2.55. The lowest BCUT2D eigenvalue weighted by molar-refractivity contribution is -0.128. The fourth-order valence-corrected chi connectivity index (χ4v) is 1.83. The van der Waals surface area contributed by atoms with E-state index in [4.69, 9.17) is 5.73 Å². The monoisotopic (exact) mass is 214 g/mol. The van der Waals surface area contributed by atoms with Crippen molar-refractivity contribution < 1.29 is 9.90 Å². The lowest BCUT2D eigenvalue weighted by Gasteiger charge is -2.31. The van der Waals surface area contributed by atoms with Crippen LogP contribution in [0.4, 0.5) is 0 Å². The predicted molar refractivity (Wildman–Crippen MR) is 59.2 cm³/mol. The molecule has 0 aliphatic heterocycles. The zero-order valence-electron chi connectivity index (χ0n) is 9.79. The normalized spacial score (nSPS) is 28.9. The van der Waals surface area contributed by atoms with Crippen molar-refractivity contribution in [3.8, 4) is 0 Å². The molecule has 1 aliphatic rings. The summed E-state index contributed by atoms with van der Waals surface area (Å²) in [6.07, 6.45) is 2.24. The van der Waals surface area contributed by atoms with Gasteiger partial charge in [-0.05, 0) is 33.6 Å². The van der Waals surface area contributed by atoms with E-state index >= 15 is 0 Å². The fourth-order valence-electron chi connectivity index (χ4n) is 1.83. The van der Waals surface area contributed by atoms with Crippen LogP contribution in [0, 0.1) is 5.92 Å². The number of aliphatic hydroxyl groups excluding tert-OH is 1. The van der Waals surface area contributed by atoms with Crippen molar-refractivity contribution in [1.82, 2.24) is 5.32 Å². The molecule has 0 aromatic rings. The zero-order chi connectivity index (χ0) is 11.6. The largest absolute Gasteiger partial charge is 0.391 e. The summed E-state index contributed by atoms with van der Waals surface area (Å²) < 4.78 is 0. The number of rotatable bonds is 3. The molecule has 3 unspecified atom stereocenters. The molecule has 0 heterocycles. The topological polar surface area (TPSA) is 75.3 Å². The second kappa shape index (κ2) is 4.49. The maximum Gasteiger partial charge on any atom is 0.225 e. The first-order valence-corrected chi connectivity index (χ1v) is 5.60. The van der Waals surface area contributed by atoms with E-state index < -0.39 is 11.6 Å². The number of carbonyl (C=O) groups excluding carboxylic acids is 1. The molecular formula is C11H22N2O2. The maximum absolute atomic E-state index is 11.9. The highest BCUT2D eigenvalue weighted by molar-refractivity contribution is 5.80. The van der Waals surface area contributed by atoms with Gasteiger partial charge in [-0.1, -0.05) is 6.42 Å². The van der Waals surface area contributed by atoms with E-state index in [2.05, 4.69) is 5.32 Å². The Morgan fingerprint density at radius 1 is 1.53 bits per heavy atom. The van der Waals surface area contributed by atoms with Crippen LogP contribution in [0.25, 0.3) is 0 Å². The second-order valence-electron chi connectivity index (χ2n) is 5.09. The molecule has 1 saturated carbocycles. The van der Waals surface area contributed by atoms with Gasteiger partial charge in [-0.25, -0.2) is 0 Å². The lowest BCUT2D eigenvalue weighted by atomic mass is 9.95. The minimum Gasteiger partial charge on any atom is -0.391 e. The van der Waals surface area contributed by atoms with E-state index in [9.17, 15) is 9.90 Å². The summed E-state index contributed by atoms with van der Waals surface area (Å²) in [6.45, 7) is 5.31. The first-order chi connectivity index (χ1) is 6.84. The Morgan fingerprint density at radius 2 is 2.13 bits per heavy atom. The van der Waals surface area contributed by atoms with Crippen molar-refractivity contribution in [2.75, 3.05) is 0 Å². The van der Waals surface area contributed by atoms with Gasteiger partial charge in [0.2, 0.25) is 5.91 Å². The highest BCUT2D eigenvalue weighted by Gasteiger charge is 2.34. The van der Waals surface area contributed by atoms with Crippen molar-refractivity contribution in [2.45, 2.75) is 57.7 Å². The highest BCUT2D eigenvalue weighted by Crippen LogP contribution is 2.25. The highest BCUT2D eigenvalue weighted by atomic mass is 16.3. The first-order valence-electron chi connectivity index (χ1n) is 5.60. The molecule has 0 radical (unpaired) electrons. The van der Waals surface area contributed by atoms with Crippen molar-refractivity contribution in [3.05, 3.63) is 0 Å². The molecule has 1 rings (SSSR count). The van der Waals surface area contributed by atoms with Crippen LogP contribution in [0.2, 0.25) is 0 Å². The minimum absolute atomic E-state index is 0.0187. The summed E-state index contributed by atoms with van der Waals surface area (Å²) in [7, 11) is 0. The molecule has 1 fully saturated rings. The van der Waals surface area contributed by atoms with Crippen LogP contribution in [0.5, 0.6) is 0 Å². The third-order valence-electron chi connectivity index (χ3n) is 3.40. The first kappa shape index (κ1) is 12.5. The Bertz CT molecular complexity index is 239. The number of hydrogen-bond acceptors (Lipinski definition) is 3. The van der Waals surface area contributed by atoms with E-state index in [1.165, 1.54) is 0 Å². The van der Waals surface area contributed by atoms with Gasteiger partial charge in [-0.2, -0.15) is 0 Å². The Kier molecular flexibility index (Phi) is 3.73. The standard InChI is InChI=1S/C11H22N2O2/c1-7(14)11(2,3)13-10(15)8-5-4-6-9(8)12/h7-9,14H,4-6,12H2,1-3H3,(H,13,15). The van der Waals surface area contributed by atoms with Crippen LogP contribution in [0.3, 0.4) is 0 Å². The molecule has 4 nitrogen and oxygen atoms in total. The zero-order valence-corrected chi connectivity index (χ0v) is 9.79. The Morgan fingerprint density at radius 3 is 2.53 bits per heavy atom. The van der Waals surface area contributed by atoms with E-state index in [0.29, 0.717) is 0 Å². The van der Waals surface area contributed by atoms with Gasteiger partial charge in [0.15, 0.2) is 0 Å². The average molecular weight is 214 g/mol. The smallest absolute Gasteiger partial charge is 0.225 e. The number of aliphatic hydroxyl groups is 1. The van der Waals surface area contributed by atoms with E-state index in [1.54, 1.807) is 6.92 Å². The van der Waals surface area contributed by atoms with E-state index in [0.717, 1.165) is 19.3 Å². The SMILES string of the molecule is CC(O)C(C)(C)NC(=O)C1CCCC1N. The molecule has 4 heteroatoms. The molecule has 0 bridgehead atoms. The summed E-state index contributed by atoms with van der Waals surface area (Å²) in [5.41, 5.74) is 5.27. The van der Waals surface area contributed by atoms with Gasteiger partial charge in [0.25, 0.3) is 0 Å². The molecule has 88 valence electrons. The van der Waals surface area contributed by atoms with Crippen molar-refractivity contribution in [2.24, 2.45) is 11.7 Å². The number of amides is 1. The minimum atomic E-state index is -0.584. The van der Waals surface area contributed by atoms with Crippen LogP contribution in [-0.2, 0) is 4.79 Å². The van der Waals surface area contributed by atoms with Crippen molar-refractivity contribution in [1.29, 1.82) is 0 Å². The molecule has 3 atom stereocenters. The number of nitrogens with two attached hydrogens (primary N) is 1. The van der Waals surface area contributed by atoms with Gasteiger partial charge in [0.05, 0.1) is 17.6 Å². The number of nitrogens with one attached hydrogen (secondary N) is 1. The third-order valence-corrected chi connectivity index (χ3v) is 3.40. The van der Waals surface area contributed by atoms with Gasteiger partial charge in [-0.3, -0.25) is 4.79 Å². The molecule has 1 amide bonds. The molecule has 15 heavy (non-hydrogen) atoms. The van der Waals surface area contributed by atoms with Crippen molar-refractivity contribution >= 4 is 5.91 Å². The lowest BCUT2D eigenvalue weighted by Crippen LogP contribution is -2.54. The Labute approximate surface area is 91.2 Å². The van der Waals surface area contributed by atoms with E-state index in [1.807, 2.05) is 13.8 Å². The summed E-state index contributed by atoms with van der Waals surface area (Å²) >= 11 is 0. The molecule has 1 aliphatic carbocycles.